The molecule has 0 saturated carbocycles. The first kappa shape index (κ1) is 14.3. The number of unbranched alkanes of at least 4 members (excludes halogenated alkanes) is 1. The van der Waals surface area contributed by atoms with Crippen molar-refractivity contribution in [3.8, 4) is 0 Å². The van der Waals surface area contributed by atoms with Gasteiger partial charge in [0.1, 0.15) is 0 Å². The maximum absolute atomic E-state index is 5.51. The van der Waals surface area contributed by atoms with Gasteiger partial charge in [-0.05, 0) is 19.3 Å². The van der Waals surface area contributed by atoms with Gasteiger partial charge in [0.05, 0.1) is 13.2 Å². The fourth-order valence-corrected chi connectivity index (χ4v) is 1.38. The Morgan fingerprint density at radius 1 is 1.20 bits per heavy atom. The minimum atomic E-state index is 0.424. The number of nitrogens with zero attached hydrogens (tertiary/aromatic N) is 1. The van der Waals surface area contributed by atoms with E-state index < -0.39 is 0 Å². The van der Waals surface area contributed by atoms with Crippen LogP contribution in [0, 0.1) is 5.92 Å². The van der Waals surface area contributed by atoms with Crippen LogP contribution >= 0.6 is 0 Å². The molecular formula is C12H25NO2. The first-order valence-electron chi connectivity index (χ1n) is 6.00. The molecule has 3 heteroatoms. The van der Waals surface area contributed by atoms with Crippen LogP contribution in [-0.4, -0.2) is 26.3 Å². The van der Waals surface area contributed by atoms with Crippen LogP contribution < -0.4 is 0 Å². The minimum Gasteiger partial charge on any atom is -0.451 e. The summed E-state index contributed by atoms with van der Waals surface area (Å²) in [5.41, 5.74) is 0. The van der Waals surface area contributed by atoms with Gasteiger partial charge in [-0.1, -0.05) is 33.1 Å². The second-order valence-corrected chi connectivity index (χ2v) is 3.65. The second-order valence-electron chi connectivity index (χ2n) is 3.65. The summed E-state index contributed by atoms with van der Waals surface area (Å²) in [5.74, 6) is 0.627. The van der Waals surface area contributed by atoms with Crippen molar-refractivity contribution in [1.82, 2.24) is 0 Å². The van der Waals surface area contributed by atoms with Crippen molar-refractivity contribution in [1.29, 1.82) is 0 Å². The second kappa shape index (κ2) is 9.81. The highest BCUT2D eigenvalue weighted by molar-refractivity contribution is 5.66. The highest BCUT2D eigenvalue weighted by Gasteiger charge is 2.08. The molecule has 0 aliphatic carbocycles. The summed E-state index contributed by atoms with van der Waals surface area (Å²) < 4.78 is 10.7. The molecule has 90 valence electrons. The SMILES string of the molecule is CCCCC(CC)COC(=NC)OCC. The smallest absolute Gasteiger partial charge is 0.383 e. The van der Waals surface area contributed by atoms with Crippen molar-refractivity contribution in [2.24, 2.45) is 10.9 Å². The van der Waals surface area contributed by atoms with E-state index in [-0.39, 0.29) is 0 Å². The van der Waals surface area contributed by atoms with Crippen molar-refractivity contribution in [3.05, 3.63) is 0 Å². The van der Waals surface area contributed by atoms with Crippen molar-refractivity contribution in [3.63, 3.8) is 0 Å². The molecule has 0 radical (unpaired) electrons. The lowest BCUT2D eigenvalue weighted by Gasteiger charge is -2.15. The number of rotatable bonds is 7. The number of aliphatic imine (C=N–C) groups is 1. The molecular weight excluding hydrogens is 190 g/mol. The van der Waals surface area contributed by atoms with Crippen LogP contribution in [0.3, 0.4) is 0 Å². The summed E-state index contributed by atoms with van der Waals surface area (Å²) in [4.78, 5) is 3.94. The highest BCUT2D eigenvalue weighted by atomic mass is 16.7. The Morgan fingerprint density at radius 2 is 1.93 bits per heavy atom. The van der Waals surface area contributed by atoms with Gasteiger partial charge in [-0.3, -0.25) is 0 Å². The van der Waals surface area contributed by atoms with E-state index in [2.05, 4.69) is 18.8 Å². The summed E-state index contributed by atoms with van der Waals surface area (Å²) in [6.07, 6.45) is 5.33. The van der Waals surface area contributed by atoms with E-state index in [0.717, 1.165) is 13.0 Å². The zero-order valence-corrected chi connectivity index (χ0v) is 10.6. The van der Waals surface area contributed by atoms with Gasteiger partial charge in [0.2, 0.25) is 0 Å². The Labute approximate surface area is 93.9 Å². The fraction of sp³-hybridized carbons (Fsp3) is 0.917. The first-order valence-corrected chi connectivity index (χ1v) is 6.00. The third-order valence-corrected chi connectivity index (χ3v) is 2.44. The molecule has 0 aromatic rings. The van der Waals surface area contributed by atoms with Crippen molar-refractivity contribution in [2.75, 3.05) is 20.3 Å². The molecule has 0 N–H and O–H groups in total. The van der Waals surface area contributed by atoms with E-state index in [0.29, 0.717) is 18.6 Å². The largest absolute Gasteiger partial charge is 0.451 e. The lowest BCUT2D eigenvalue weighted by molar-refractivity contribution is 0.140. The van der Waals surface area contributed by atoms with E-state index in [1.165, 1.54) is 19.3 Å². The van der Waals surface area contributed by atoms with Gasteiger partial charge in [0.15, 0.2) is 0 Å². The molecule has 1 unspecified atom stereocenters. The Morgan fingerprint density at radius 3 is 2.40 bits per heavy atom. The number of hydrogen-bond acceptors (Lipinski definition) is 3. The van der Waals surface area contributed by atoms with Gasteiger partial charge in [-0.15, -0.1) is 0 Å². The van der Waals surface area contributed by atoms with Gasteiger partial charge in [-0.25, -0.2) is 4.99 Å². The Kier molecular flexibility index (Phi) is 9.33. The third-order valence-electron chi connectivity index (χ3n) is 2.44. The van der Waals surface area contributed by atoms with Gasteiger partial charge in [0.25, 0.3) is 0 Å². The molecule has 0 rings (SSSR count). The van der Waals surface area contributed by atoms with Crippen LogP contribution in [0.5, 0.6) is 0 Å². The van der Waals surface area contributed by atoms with E-state index >= 15 is 0 Å². The first-order chi connectivity index (χ1) is 7.28. The lowest BCUT2D eigenvalue weighted by atomic mass is 10.0. The number of ether oxygens (including phenoxy) is 2. The third kappa shape index (κ3) is 7.23. The molecule has 0 amide bonds. The Bertz CT molecular complexity index is 169. The molecule has 15 heavy (non-hydrogen) atoms. The lowest BCUT2D eigenvalue weighted by Crippen LogP contribution is -2.16. The molecule has 0 spiro atoms. The molecule has 0 heterocycles. The van der Waals surface area contributed by atoms with Crippen molar-refractivity contribution >= 4 is 6.08 Å². The predicted octanol–water partition coefficient (Wildman–Crippen LogP) is 3.24. The maximum atomic E-state index is 5.51. The average Bonchev–Trinajstić information content (AvgIpc) is 2.27. The molecule has 0 saturated heterocycles. The molecule has 0 aromatic carbocycles. The summed E-state index contributed by atoms with van der Waals surface area (Å²) in [5, 5.41) is 0. The molecule has 0 aliphatic heterocycles. The Balaban J connectivity index is 3.77. The van der Waals surface area contributed by atoms with E-state index in [4.69, 9.17) is 9.47 Å². The van der Waals surface area contributed by atoms with Gasteiger partial charge in [-0.2, -0.15) is 0 Å². The molecule has 3 nitrogen and oxygen atoms in total. The molecule has 0 aromatic heterocycles. The van der Waals surface area contributed by atoms with Crippen molar-refractivity contribution in [2.45, 2.75) is 46.5 Å². The fourth-order valence-electron chi connectivity index (χ4n) is 1.38. The maximum Gasteiger partial charge on any atom is 0.383 e. The van der Waals surface area contributed by atoms with Gasteiger partial charge in [0, 0.05) is 7.05 Å². The van der Waals surface area contributed by atoms with Crippen LogP contribution in [-0.2, 0) is 9.47 Å². The summed E-state index contributed by atoms with van der Waals surface area (Å²) >= 11 is 0. The van der Waals surface area contributed by atoms with E-state index in [1.54, 1.807) is 7.05 Å². The molecule has 0 aliphatic rings. The van der Waals surface area contributed by atoms with E-state index in [9.17, 15) is 0 Å². The average molecular weight is 215 g/mol. The molecule has 1 atom stereocenters. The van der Waals surface area contributed by atoms with Crippen LogP contribution in [0.2, 0.25) is 0 Å². The zero-order chi connectivity index (χ0) is 11.5. The molecule has 0 fully saturated rings. The monoisotopic (exact) mass is 215 g/mol. The standard InChI is InChI=1S/C12H25NO2/c1-5-8-9-11(6-2)10-15-12(13-4)14-7-3/h11H,5-10H2,1-4H3. The van der Waals surface area contributed by atoms with Gasteiger partial charge < -0.3 is 9.47 Å². The molecule has 0 bridgehead atoms. The normalized spacial score (nSPS) is 13.7. The topological polar surface area (TPSA) is 30.8 Å². The van der Waals surface area contributed by atoms with Gasteiger partial charge >= 0.3 is 6.08 Å². The quantitative estimate of drug-likeness (QED) is 0.482. The Hall–Kier alpha value is -0.730. The zero-order valence-electron chi connectivity index (χ0n) is 10.6. The summed E-state index contributed by atoms with van der Waals surface area (Å²) in [7, 11) is 1.69. The van der Waals surface area contributed by atoms with Crippen LogP contribution in [0.1, 0.15) is 46.5 Å². The van der Waals surface area contributed by atoms with Crippen LogP contribution in [0.4, 0.5) is 0 Å². The van der Waals surface area contributed by atoms with E-state index in [1.807, 2.05) is 6.92 Å². The van der Waals surface area contributed by atoms with Crippen LogP contribution in [0.15, 0.2) is 4.99 Å². The van der Waals surface area contributed by atoms with Crippen LogP contribution in [0.25, 0.3) is 0 Å². The highest BCUT2D eigenvalue weighted by Crippen LogP contribution is 2.13. The number of hydrogen-bond donors (Lipinski definition) is 0. The summed E-state index contributed by atoms with van der Waals surface area (Å²) in [6, 6.07) is 0. The summed E-state index contributed by atoms with van der Waals surface area (Å²) in [6.45, 7) is 7.68. The minimum absolute atomic E-state index is 0.424. The predicted molar refractivity (Wildman–Crippen MR) is 64.2 cm³/mol. The van der Waals surface area contributed by atoms with Crippen molar-refractivity contribution < 1.29 is 9.47 Å².